The summed E-state index contributed by atoms with van der Waals surface area (Å²) in [7, 11) is 5.90. The van der Waals surface area contributed by atoms with Crippen molar-refractivity contribution in [3.05, 3.63) is 21.6 Å². The monoisotopic (exact) mass is 313 g/mol. The second-order valence-electron chi connectivity index (χ2n) is 5.79. The number of halogens is 1. The molecule has 1 aliphatic rings. The first-order chi connectivity index (χ1) is 10.0. The van der Waals surface area contributed by atoms with Crippen LogP contribution in [-0.4, -0.2) is 61.5 Å². The van der Waals surface area contributed by atoms with E-state index in [0.717, 1.165) is 38.2 Å². The van der Waals surface area contributed by atoms with Gasteiger partial charge in [-0.25, -0.2) is 4.68 Å². The maximum atomic E-state index is 12.3. The van der Waals surface area contributed by atoms with Crippen LogP contribution in [0.3, 0.4) is 0 Å². The molecule has 1 aliphatic heterocycles. The first-order valence-electron chi connectivity index (χ1n) is 7.34. The molecular weight excluding hydrogens is 290 g/mol. The van der Waals surface area contributed by atoms with Crippen molar-refractivity contribution < 1.29 is 0 Å². The summed E-state index contributed by atoms with van der Waals surface area (Å²) in [5.74, 6) is 0. The van der Waals surface area contributed by atoms with Crippen LogP contribution in [0.15, 0.2) is 11.0 Å². The van der Waals surface area contributed by atoms with Crippen LogP contribution in [0.1, 0.15) is 12.8 Å². The second kappa shape index (κ2) is 7.24. The third-order valence-corrected chi connectivity index (χ3v) is 4.28. The number of likely N-dealkylation sites (N-methyl/N-ethyl adjacent to an activating group) is 2. The Bertz CT molecular complexity index is 525. The summed E-state index contributed by atoms with van der Waals surface area (Å²) in [6, 6.07) is 0.357. The highest BCUT2D eigenvalue weighted by atomic mass is 35.5. The van der Waals surface area contributed by atoms with Crippen molar-refractivity contribution in [3.8, 4) is 0 Å². The fourth-order valence-corrected chi connectivity index (χ4v) is 2.80. The van der Waals surface area contributed by atoms with Gasteiger partial charge in [-0.1, -0.05) is 11.6 Å². The van der Waals surface area contributed by atoms with Gasteiger partial charge in [0.15, 0.2) is 0 Å². The van der Waals surface area contributed by atoms with E-state index >= 15 is 0 Å². The van der Waals surface area contributed by atoms with Gasteiger partial charge in [-0.2, -0.15) is 5.10 Å². The standard InChI is InChI=1S/C14H24ClN5O/c1-18(2)7-8-20-14(21)13(15)12(10-17-20)19(3)11-5-4-6-16-9-11/h10-11,16H,4-9H2,1-3H3. The van der Waals surface area contributed by atoms with Crippen LogP contribution in [-0.2, 0) is 6.54 Å². The zero-order valence-corrected chi connectivity index (χ0v) is 13.7. The average molecular weight is 314 g/mol. The van der Waals surface area contributed by atoms with E-state index in [4.69, 9.17) is 11.6 Å². The molecule has 7 heteroatoms. The van der Waals surface area contributed by atoms with Gasteiger partial charge in [0.1, 0.15) is 5.02 Å². The van der Waals surface area contributed by atoms with E-state index in [9.17, 15) is 4.79 Å². The molecule has 1 atom stereocenters. The third kappa shape index (κ3) is 3.96. The lowest BCUT2D eigenvalue weighted by molar-refractivity contribution is 0.367. The summed E-state index contributed by atoms with van der Waals surface area (Å²) in [5, 5.41) is 7.89. The summed E-state index contributed by atoms with van der Waals surface area (Å²) in [6.07, 6.45) is 3.94. The van der Waals surface area contributed by atoms with E-state index in [1.165, 1.54) is 4.68 Å². The summed E-state index contributed by atoms with van der Waals surface area (Å²) in [4.78, 5) is 16.4. The number of hydrogen-bond acceptors (Lipinski definition) is 5. The Morgan fingerprint density at radius 1 is 1.48 bits per heavy atom. The Kier molecular flexibility index (Phi) is 5.61. The third-order valence-electron chi connectivity index (χ3n) is 3.92. The Morgan fingerprint density at radius 3 is 2.86 bits per heavy atom. The molecule has 118 valence electrons. The molecule has 0 radical (unpaired) electrons. The van der Waals surface area contributed by atoms with Crippen molar-refractivity contribution in [3.63, 3.8) is 0 Å². The van der Waals surface area contributed by atoms with Crippen molar-refractivity contribution in [1.82, 2.24) is 20.0 Å². The Hall–Kier alpha value is -1.11. The Morgan fingerprint density at radius 2 is 2.24 bits per heavy atom. The first kappa shape index (κ1) is 16.3. The van der Waals surface area contributed by atoms with Crippen LogP contribution in [0.4, 0.5) is 5.69 Å². The number of nitrogens with zero attached hydrogens (tertiary/aromatic N) is 4. The molecule has 0 aromatic carbocycles. The van der Waals surface area contributed by atoms with Crippen molar-refractivity contribution in [2.24, 2.45) is 0 Å². The van der Waals surface area contributed by atoms with Crippen molar-refractivity contribution >= 4 is 17.3 Å². The maximum absolute atomic E-state index is 12.3. The van der Waals surface area contributed by atoms with Gasteiger partial charge in [-0.05, 0) is 33.5 Å². The Labute approximate surface area is 130 Å². The van der Waals surface area contributed by atoms with Gasteiger partial charge in [0, 0.05) is 26.2 Å². The van der Waals surface area contributed by atoms with Gasteiger partial charge in [0.25, 0.3) is 5.56 Å². The smallest absolute Gasteiger partial charge is 0.287 e. The van der Waals surface area contributed by atoms with Crippen LogP contribution in [0.5, 0.6) is 0 Å². The molecule has 0 saturated carbocycles. The molecule has 2 heterocycles. The van der Waals surface area contributed by atoms with Crippen LogP contribution in [0.25, 0.3) is 0 Å². The van der Waals surface area contributed by atoms with Gasteiger partial charge in [-0.15, -0.1) is 0 Å². The van der Waals surface area contributed by atoms with Crippen LogP contribution >= 0.6 is 11.6 Å². The lowest BCUT2D eigenvalue weighted by atomic mass is 10.1. The number of nitrogens with one attached hydrogen (secondary N) is 1. The fraction of sp³-hybridized carbons (Fsp3) is 0.714. The van der Waals surface area contributed by atoms with Gasteiger partial charge in [0.05, 0.1) is 18.4 Å². The average Bonchev–Trinajstić information content (AvgIpc) is 2.49. The predicted molar refractivity (Wildman–Crippen MR) is 86.4 cm³/mol. The van der Waals surface area contributed by atoms with Gasteiger partial charge < -0.3 is 15.1 Å². The molecule has 1 fully saturated rings. The van der Waals surface area contributed by atoms with Crippen LogP contribution in [0, 0.1) is 0 Å². The first-order valence-corrected chi connectivity index (χ1v) is 7.72. The molecule has 1 aromatic rings. The predicted octanol–water partition coefficient (Wildman–Crippen LogP) is 0.647. The Balaban J connectivity index is 2.17. The second-order valence-corrected chi connectivity index (χ2v) is 6.16. The quantitative estimate of drug-likeness (QED) is 0.865. The summed E-state index contributed by atoms with van der Waals surface area (Å²) in [5.41, 5.74) is 0.503. The molecule has 0 bridgehead atoms. The normalized spacial score (nSPS) is 19.0. The number of piperidine rings is 1. The van der Waals surface area contributed by atoms with E-state index in [1.807, 2.05) is 26.0 Å². The number of aromatic nitrogens is 2. The van der Waals surface area contributed by atoms with Crippen LogP contribution < -0.4 is 15.8 Å². The maximum Gasteiger partial charge on any atom is 0.287 e. The zero-order chi connectivity index (χ0) is 15.4. The van der Waals surface area contributed by atoms with Gasteiger partial charge >= 0.3 is 0 Å². The highest BCUT2D eigenvalue weighted by Gasteiger charge is 2.21. The molecule has 1 unspecified atom stereocenters. The number of anilines is 1. The van der Waals surface area contributed by atoms with Crippen molar-refractivity contribution in [2.45, 2.75) is 25.4 Å². The van der Waals surface area contributed by atoms with Gasteiger partial charge in [-0.3, -0.25) is 4.79 Å². The highest BCUT2D eigenvalue weighted by molar-refractivity contribution is 6.33. The number of hydrogen-bond donors (Lipinski definition) is 1. The number of rotatable bonds is 5. The molecule has 0 spiro atoms. The highest BCUT2D eigenvalue weighted by Crippen LogP contribution is 2.23. The van der Waals surface area contributed by atoms with E-state index in [0.29, 0.717) is 12.6 Å². The molecule has 0 aliphatic carbocycles. The minimum atomic E-state index is -0.216. The lowest BCUT2D eigenvalue weighted by Gasteiger charge is -2.33. The van der Waals surface area contributed by atoms with Crippen LogP contribution in [0.2, 0.25) is 5.02 Å². The summed E-state index contributed by atoms with van der Waals surface area (Å²) >= 11 is 6.28. The minimum Gasteiger partial charge on any atom is -0.368 e. The summed E-state index contributed by atoms with van der Waals surface area (Å²) in [6.45, 7) is 3.27. The zero-order valence-electron chi connectivity index (χ0n) is 13.0. The van der Waals surface area contributed by atoms with E-state index < -0.39 is 0 Å². The molecule has 6 nitrogen and oxygen atoms in total. The summed E-state index contributed by atoms with van der Waals surface area (Å²) < 4.78 is 1.43. The van der Waals surface area contributed by atoms with Crippen molar-refractivity contribution in [1.29, 1.82) is 0 Å². The molecule has 21 heavy (non-hydrogen) atoms. The van der Waals surface area contributed by atoms with Crippen molar-refractivity contribution in [2.75, 3.05) is 45.7 Å². The molecule has 1 N–H and O–H groups in total. The fourth-order valence-electron chi connectivity index (χ4n) is 2.52. The molecule has 2 rings (SSSR count). The van der Waals surface area contributed by atoms with Gasteiger partial charge in [0.2, 0.25) is 0 Å². The molecular formula is C14H24ClN5O. The minimum absolute atomic E-state index is 0.216. The van der Waals surface area contributed by atoms with E-state index in [1.54, 1.807) is 6.20 Å². The largest absolute Gasteiger partial charge is 0.368 e. The van der Waals surface area contributed by atoms with E-state index in [-0.39, 0.29) is 10.6 Å². The lowest BCUT2D eigenvalue weighted by Crippen LogP contribution is -2.45. The SMILES string of the molecule is CN(C)CCn1ncc(N(C)C2CCCNC2)c(Cl)c1=O. The topological polar surface area (TPSA) is 53.4 Å². The van der Waals surface area contributed by atoms with E-state index in [2.05, 4.69) is 15.3 Å². The molecule has 1 aromatic heterocycles. The molecule has 1 saturated heterocycles. The molecule has 0 amide bonds.